The van der Waals surface area contributed by atoms with E-state index in [1.807, 2.05) is 0 Å². The first-order valence-corrected chi connectivity index (χ1v) is 7.58. The van der Waals surface area contributed by atoms with Gasteiger partial charge in [-0.25, -0.2) is 13.8 Å². The van der Waals surface area contributed by atoms with E-state index >= 15 is 0 Å². The minimum absolute atomic E-state index is 0.116. The molecule has 1 saturated carbocycles. The van der Waals surface area contributed by atoms with Gasteiger partial charge in [-0.2, -0.15) is 4.98 Å². The van der Waals surface area contributed by atoms with Crippen LogP contribution in [0.25, 0.3) is 11.3 Å². The van der Waals surface area contributed by atoms with E-state index in [4.69, 9.17) is 9.47 Å². The second-order valence-corrected chi connectivity index (χ2v) is 5.71. The third-order valence-electron chi connectivity index (χ3n) is 4.10. The van der Waals surface area contributed by atoms with Gasteiger partial charge in [0.05, 0.1) is 19.8 Å². The van der Waals surface area contributed by atoms with Crippen molar-refractivity contribution in [2.24, 2.45) is 5.92 Å². The Hall–Kier alpha value is -2.71. The largest absolute Gasteiger partial charge is 0.480 e. The number of hydrogen-bond acceptors (Lipinski definition) is 7. The summed E-state index contributed by atoms with van der Waals surface area (Å²) in [6, 6.07) is 1.71. The number of Topliss-reactive ketones (excluding diaryl/α,β-unsaturated/α-hetero) is 1. The molecule has 2 aromatic heterocycles. The summed E-state index contributed by atoms with van der Waals surface area (Å²) in [5, 5.41) is 7.96. The Bertz CT molecular complexity index is 816. The molecule has 2 aromatic rings. The van der Waals surface area contributed by atoms with E-state index in [9.17, 15) is 13.6 Å². The number of rotatable bonds is 6. The van der Waals surface area contributed by atoms with Gasteiger partial charge in [0.2, 0.25) is 12.3 Å². The number of halogens is 2. The van der Waals surface area contributed by atoms with Crippen LogP contribution in [0.4, 0.5) is 8.78 Å². The fourth-order valence-corrected chi connectivity index (χ4v) is 2.73. The highest BCUT2D eigenvalue weighted by molar-refractivity contribution is 5.94. The van der Waals surface area contributed by atoms with Crippen LogP contribution in [0.2, 0.25) is 0 Å². The molecule has 1 fully saturated rings. The average molecular weight is 350 g/mol. The van der Waals surface area contributed by atoms with Crippen molar-refractivity contribution < 1.29 is 23.0 Å². The van der Waals surface area contributed by atoms with Gasteiger partial charge >= 0.3 is 6.01 Å². The number of carbonyl (C=O) groups is 1. The molecule has 0 aromatic carbocycles. The lowest BCUT2D eigenvalue weighted by molar-refractivity contribution is 0.100. The highest BCUT2D eigenvalue weighted by Crippen LogP contribution is 2.52. The van der Waals surface area contributed by atoms with Gasteiger partial charge < -0.3 is 9.47 Å². The first kappa shape index (κ1) is 17.1. The topological polar surface area (TPSA) is 87.1 Å². The summed E-state index contributed by atoms with van der Waals surface area (Å²) in [5.41, 5.74) is 1.37. The lowest BCUT2D eigenvalue weighted by Gasteiger charge is -2.10. The van der Waals surface area contributed by atoms with Gasteiger partial charge in [-0.3, -0.25) is 4.79 Å². The number of ether oxygens (including phenoxy) is 2. The minimum Gasteiger partial charge on any atom is -0.480 e. The lowest BCUT2D eigenvalue weighted by atomic mass is 10.0. The number of hydrogen-bond donors (Lipinski definition) is 0. The molecule has 2 atom stereocenters. The highest BCUT2D eigenvalue weighted by atomic mass is 19.3. The van der Waals surface area contributed by atoms with Crippen molar-refractivity contribution in [1.29, 1.82) is 0 Å². The van der Waals surface area contributed by atoms with Crippen LogP contribution in [0.5, 0.6) is 11.9 Å². The van der Waals surface area contributed by atoms with E-state index in [1.165, 1.54) is 27.3 Å². The molecular formula is C16H16F2N4O3. The molecular weight excluding hydrogens is 334 g/mol. The summed E-state index contributed by atoms with van der Waals surface area (Å²) in [6.45, 7) is 1.34. The highest BCUT2D eigenvalue weighted by Gasteiger charge is 2.46. The monoisotopic (exact) mass is 350 g/mol. The standard InChI is InChI=1S/C16H16F2N4O3/c1-7(23)13-9(8-4-10(8)14(17)18)5-12(21-22-13)11-6-19-16(25-3)20-15(11)24-2/h5-6,8,10,14H,4H2,1-3H3/t8-,10+/m1/s1. The van der Waals surface area contributed by atoms with Crippen LogP contribution in [0.1, 0.15) is 35.3 Å². The SMILES string of the molecule is COc1ncc(-c2cc([C@H]3C[C@@H]3C(F)F)c(C(C)=O)nn2)c(OC)n1. The molecule has 0 spiro atoms. The van der Waals surface area contributed by atoms with Crippen LogP contribution < -0.4 is 9.47 Å². The maximum atomic E-state index is 12.9. The zero-order valence-corrected chi connectivity index (χ0v) is 13.9. The van der Waals surface area contributed by atoms with Crippen molar-refractivity contribution in [3.63, 3.8) is 0 Å². The summed E-state index contributed by atoms with van der Waals surface area (Å²) >= 11 is 0. The third kappa shape index (κ3) is 3.26. The zero-order valence-electron chi connectivity index (χ0n) is 13.9. The first-order valence-electron chi connectivity index (χ1n) is 7.58. The van der Waals surface area contributed by atoms with Gasteiger partial charge in [0, 0.05) is 19.0 Å². The average Bonchev–Trinajstić information content (AvgIpc) is 3.41. The number of methoxy groups -OCH3 is 2. The maximum absolute atomic E-state index is 12.9. The molecule has 0 unspecified atom stereocenters. The lowest BCUT2D eigenvalue weighted by Crippen LogP contribution is -2.08. The number of alkyl halides is 2. The van der Waals surface area contributed by atoms with Crippen LogP contribution in [-0.2, 0) is 0 Å². The van der Waals surface area contributed by atoms with E-state index in [0.717, 1.165) is 0 Å². The molecule has 0 aliphatic heterocycles. The van der Waals surface area contributed by atoms with Crippen molar-refractivity contribution >= 4 is 5.78 Å². The summed E-state index contributed by atoms with van der Waals surface area (Å²) < 4.78 is 36.0. The van der Waals surface area contributed by atoms with Crippen LogP contribution >= 0.6 is 0 Å². The van der Waals surface area contributed by atoms with E-state index in [-0.39, 0.29) is 23.4 Å². The Kier molecular flexibility index (Phi) is 4.56. The fourth-order valence-electron chi connectivity index (χ4n) is 2.73. The van der Waals surface area contributed by atoms with E-state index in [1.54, 1.807) is 6.07 Å². The third-order valence-corrected chi connectivity index (χ3v) is 4.10. The summed E-state index contributed by atoms with van der Waals surface area (Å²) in [4.78, 5) is 19.8. The molecule has 0 saturated heterocycles. The molecule has 1 aliphatic rings. The first-order chi connectivity index (χ1) is 12.0. The summed E-state index contributed by atoms with van der Waals surface area (Å²) in [7, 11) is 2.85. The molecule has 0 N–H and O–H groups in total. The summed E-state index contributed by atoms with van der Waals surface area (Å²) in [6.07, 6.45) is -0.664. The van der Waals surface area contributed by atoms with Gasteiger partial charge in [-0.1, -0.05) is 0 Å². The molecule has 0 amide bonds. The van der Waals surface area contributed by atoms with E-state index in [0.29, 0.717) is 23.2 Å². The molecule has 132 valence electrons. The Labute approximate surface area is 142 Å². The molecule has 9 heteroatoms. The Morgan fingerprint density at radius 3 is 2.60 bits per heavy atom. The minimum atomic E-state index is -2.43. The molecule has 0 bridgehead atoms. The molecule has 25 heavy (non-hydrogen) atoms. The van der Waals surface area contributed by atoms with Crippen molar-refractivity contribution in [2.75, 3.05) is 14.2 Å². The van der Waals surface area contributed by atoms with Crippen molar-refractivity contribution in [3.05, 3.63) is 23.5 Å². The van der Waals surface area contributed by atoms with Crippen LogP contribution in [0, 0.1) is 5.92 Å². The quantitative estimate of drug-likeness (QED) is 0.740. The van der Waals surface area contributed by atoms with Gasteiger partial charge in [-0.15, -0.1) is 10.2 Å². The van der Waals surface area contributed by atoms with Crippen LogP contribution in [-0.4, -0.2) is 46.6 Å². The summed E-state index contributed by atoms with van der Waals surface area (Å²) in [5.74, 6) is -1.27. The second-order valence-electron chi connectivity index (χ2n) is 5.71. The number of ketones is 1. The second kappa shape index (κ2) is 6.66. The zero-order chi connectivity index (χ0) is 18.1. The fraction of sp³-hybridized carbons (Fsp3) is 0.438. The molecule has 1 aliphatic carbocycles. The predicted molar refractivity (Wildman–Crippen MR) is 83.0 cm³/mol. The predicted octanol–water partition coefficient (Wildman–Crippen LogP) is 2.52. The van der Waals surface area contributed by atoms with Gasteiger partial charge in [0.25, 0.3) is 0 Å². The maximum Gasteiger partial charge on any atom is 0.319 e. The molecule has 3 rings (SSSR count). The van der Waals surface area contributed by atoms with Crippen molar-refractivity contribution in [1.82, 2.24) is 20.2 Å². The van der Waals surface area contributed by atoms with Crippen LogP contribution in [0.3, 0.4) is 0 Å². The van der Waals surface area contributed by atoms with Gasteiger partial charge in [0.1, 0.15) is 11.4 Å². The Morgan fingerprint density at radius 2 is 2.04 bits per heavy atom. The van der Waals surface area contributed by atoms with Crippen molar-refractivity contribution in [2.45, 2.75) is 25.7 Å². The van der Waals surface area contributed by atoms with Crippen molar-refractivity contribution in [3.8, 4) is 23.1 Å². The van der Waals surface area contributed by atoms with Gasteiger partial charge in [-0.05, 0) is 24.0 Å². The van der Waals surface area contributed by atoms with Crippen LogP contribution in [0.15, 0.2) is 12.3 Å². The normalized spacial score (nSPS) is 19.0. The molecule has 0 radical (unpaired) electrons. The Balaban J connectivity index is 2.05. The van der Waals surface area contributed by atoms with Gasteiger partial charge in [0.15, 0.2) is 5.78 Å². The van der Waals surface area contributed by atoms with E-state index < -0.39 is 18.3 Å². The molecule has 7 nitrogen and oxygen atoms in total. The Morgan fingerprint density at radius 1 is 1.28 bits per heavy atom. The number of carbonyl (C=O) groups excluding carboxylic acids is 1. The molecule has 2 heterocycles. The number of nitrogens with zero attached hydrogens (tertiary/aromatic N) is 4. The van der Waals surface area contributed by atoms with E-state index in [2.05, 4.69) is 20.2 Å². The number of aromatic nitrogens is 4. The smallest absolute Gasteiger partial charge is 0.319 e.